The van der Waals surface area contributed by atoms with Gasteiger partial charge >= 0.3 is 0 Å². The van der Waals surface area contributed by atoms with Crippen molar-refractivity contribution in [3.05, 3.63) is 24.0 Å². The van der Waals surface area contributed by atoms with Crippen LogP contribution in [-0.2, 0) is 27.8 Å². The minimum absolute atomic E-state index is 0.204. The molecule has 0 N–H and O–H groups in total. The summed E-state index contributed by atoms with van der Waals surface area (Å²) in [4.78, 5) is 7.38. The second-order valence-corrected chi connectivity index (χ2v) is 9.31. The zero-order valence-electron chi connectivity index (χ0n) is 16.1. The average molecular weight is 381 g/mol. The van der Waals surface area contributed by atoms with E-state index < -0.39 is 10.0 Å². The highest BCUT2D eigenvalue weighted by Crippen LogP contribution is 2.23. The van der Waals surface area contributed by atoms with Crippen molar-refractivity contribution in [1.29, 1.82) is 0 Å². The Morgan fingerprint density at radius 3 is 2.46 bits per heavy atom. The molecule has 26 heavy (non-hydrogen) atoms. The second kappa shape index (κ2) is 7.26. The van der Waals surface area contributed by atoms with Crippen LogP contribution in [-0.4, -0.2) is 66.6 Å². The first-order valence-electron chi connectivity index (χ1n) is 9.02. The quantitative estimate of drug-likeness (QED) is 0.793. The highest BCUT2D eigenvalue weighted by Gasteiger charge is 2.24. The molecule has 1 fully saturated rings. The first kappa shape index (κ1) is 19.3. The third kappa shape index (κ3) is 3.64. The fourth-order valence-electron chi connectivity index (χ4n) is 3.62. The van der Waals surface area contributed by atoms with Crippen molar-refractivity contribution in [2.45, 2.75) is 51.0 Å². The molecule has 0 saturated carbocycles. The van der Waals surface area contributed by atoms with Gasteiger partial charge in [-0.2, -0.15) is 0 Å². The van der Waals surface area contributed by atoms with Crippen molar-refractivity contribution < 1.29 is 13.2 Å². The fourth-order valence-corrected chi connectivity index (χ4v) is 4.54. The molecule has 7 nitrogen and oxygen atoms in total. The lowest BCUT2D eigenvalue weighted by molar-refractivity contribution is -0.0712. The molecule has 0 amide bonds. The van der Waals surface area contributed by atoms with Crippen LogP contribution in [0.5, 0.6) is 0 Å². The summed E-state index contributed by atoms with van der Waals surface area (Å²) in [6.07, 6.45) is 0.407. The standard InChI is InChI=1S/C18H28N4O3S/c1-6-22-17-8-7-15(26(23,24)20(4)5)9-16(17)19-18(22)12-21-10-13(2)25-14(3)11-21/h7-9,13-14H,6,10-12H2,1-5H3. The number of benzene rings is 1. The number of imidazole rings is 1. The predicted molar refractivity (Wildman–Crippen MR) is 102 cm³/mol. The molecular formula is C18H28N4O3S. The van der Waals surface area contributed by atoms with E-state index in [0.29, 0.717) is 0 Å². The molecule has 1 aromatic carbocycles. The van der Waals surface area contributed by atoms with Crippen molar-refractivity contribution in [1.82, 2.24) is 18.8 Å². The first-order valence-corrected chi connectivity index (χ1v) is 10.5. The van der Waals surface area contributed by atoms with Crippen molar-refractivity contribution in [2.24, 2.45) is 0 Å². The Balaban J connectivity index is 1.96. The number of fused-ring (bicyclic) bond motifs is 1. The van der Waals surface area contributed by atoms with Gasteiger partial charge in [-0.3, -0.25) is 4.90 Å². The molecule has 3 rings (SSSR count). The highest BCUT2D eigenvalue weighted by molar-refractivity contribution is 7.89. The van der Waals surface area contributed by atoms with E-state index in [-0.39, 0.29) is 17.1 Å². The third-order valence-corrected chi connectivity index (χ3v) is 6.56. The van der Waals surface area contributed by atoms with Gasteiger partial charge in [-0.1, -0.05) is 0 Å². The lowest BCUT2D eigenvalue weighted by Crippen LogP contribution is -2.45. The number of nitrogens with zero attached hydrogens (tertiary/aromatic N) is 4. The molecule has 2 unspecified atom stereocenters. The lowest BCUT2D eigenvalue weighted by Gasteiger charge is -2.35. The second-order valence-electron chi connectivity index (χ2n) is 7.16. The van der Waals surface area contributed by atoms with E-state index >= 15 is 0 Å². The van der Waals surface area contributed by atoms with E-state index in [4.69, 9.17) is 9.72 Å². The summed E-state index contributed by atoms with van der Waals surface area (Å²) in [6.45, 7) is 9.53. The number of morpholine rings is 1. The van der Waals surface area contributed by atoms with Crippen molar-refractivity contribution in [3.8, 4) is 0 Å². The third-order valence-electron chi connectivity index (χ3n) is 4.75. The average Bonchev–Trinajstić information content (AvgIpc) is 2.89. The normalized spacial score (nSPS) is 22.4. The molecule has 0 bridgehead atoms. The monoisotopic (exact) mass is 380 g/mol. The Bertz CT molecular complexity index is 881. The molecule has 0 aliphatic carbocycles. The fraction of sp³-hybridized carbons (Fsp3) is 0.611. The van der Waals surface area contributed by atoms with E-state index in [2.05, 4.69) is 30.2 Å². The van der Waals surface area contributed by atoms with Gasteiger partial charge in [0.1, 0.15) is 5.82 Å². The van der Waals surface area contributed by atoms with E-state index in [1.54, 1.807) is 12.1 Å². The highest BCUT2D eigenvalue weighted by atomic mass is 32.2. The van der Waals surface area contributed by atoms with E-state index in [9.17, 15) is 8.42 Å². The van der Waals surface area contributed by atoms with Crippen LogP contribution in [0.15, 0.2) is 23.1 Å². The van der Waals surface area contributed by atoms with Gasteiger partial charge in [-0.15, -0.1) is 0 Å². The summed E-state index contributed by atoms with van der Waals surface area (Å²) in [5.74, 6) is 0.961. The minimum atomic E-state index is -3.46. The molecule has 8 heteroatoms. The topological polar surface area (TPSA) is 67.7 Å². The Hall–Kier alpha value is -1.48. The van der Waals surface area contributed by atoms with E-state index in [1.807, 2.05) is 6.07 Å². The van der Waals surface area contributed by atoms with Crippen molar-refractivity contribution in [2.75, 3.05) is 27.2 Å². The molecule has 1 aliphatic heterocycles. The van der Waals surface area contributed by atoms with Crippen molar-refractivity contribution >= 4 is 21.1 Å². The molecule has 1 aromatic heterocycles. The van der Waals surface area contributed by atoms with Crippen LogP contribution in [0.4, 0.5) is 0 Å². The summed E-state index contributed by atoms with van der Waals surface area (Å²) in [6, 6.07) is 5.19. The number of hydrogen-bond donors (Lipinski definition) is 0. The van der Waals surface area contributed by atoms with Gasteiger partial charge in [0.05, 0.1) is 34.7 Å². The van der Waals surface area contributed by atoms with Crippen LogP contribution in [0.3, 0.4) is 0 Å². The number of ether oxygens (including phenoxy) is 1. The number of aromatic nitrogens is 2. The molecule has 1 aliphatic rings. The number of sulfonamides is 1. The first-order chi connectivity index (χ1) is 12.2. The van der Waals surface area contributed by atoms with Gasteiger partial charge in [-0.05, 0) is 39.0 Å². The van der Waals surface area contributed by atoms with Crippen LogP contribution in [0.2, 0.25) is 0 Å². The van der Waals surface area contributed by atoms with Gasteiger partial charge in [0.2, 0.25) is 10.0 Å². The van der Waals surface area contributed by atoms with Gasteiger partial charge < -0.3 is 9.30 Å². The van der Waals surface area contributed by atoms with E-state index in [1.165, 1.54) is 18.4 Å². The maximum atomic E-state index is 12.4. The van der Waals surface area contributed by atoms with Crippen molar-refractivity contribution in [3.63, 3.8) is 0 Å². The number of rotatable bonds is 5. The smallest absolute Gasteiger partial charge is 0.242 e. The molecule has 2 heterocycles. The number of aryl methyl sites for hydroxylation is 1. The Morgan fingerprint density at radius 2 is 1.88 bits per heavy atom. The molecule has 0 spiro atoms. The zero-order chi connectivity index (χ0) is 19.1. The molecular weight excluding hydrogens is 352 g/mol. The summed E-state index contributed by atoms with van der Waals surface area (Å²) in [7, 11) is -0.387. The largest absolute Gasteiger partial charge is 0.373 e. The van der Waals surface area contributed by atoms with Gasteiger partial charge in [0.25, 0.3) is 0 Å². The van der Waals surface area contributed by atoms with Crippen LogP contribution in [0.25, 0.3) is 11.0 Å². The Morgan fingerprint density at radius 1 is 1.23 bits per heavy atom. The van der Waals surface area contributed by atoms with Gasteiger partial charge in [0.15, 0.2) is 0 Å². The zero-order valence-corrected chi connectivity index (χ0v) is 17.0. The minimum Gasteiger partial charge on any atom is -0.373 e. The maximum absolute atomic E-state index is 12.4. The number of hydrogen-bond acceptors (Lipinski definition) is 5. The molecule has 0 radical (unpaired) electrons. The SMILES string of the molecule is CCn1c(CN2CC(C)OC(C)C2)nc2cc(S(=O)(=O)N(C)C)ccc21. The van der Waals surface area contributed by atoms with Crippen LogP contribution in [0.1, 0.15) is 26.6 Å². The summed E-state index contributed by atoms with van der Waals surface area (Å²) < 4.78 is 34.0. The maximum Gasteiger partial charge on any atom is 0.242 e. The molecule has 1 saturated heterocycles. The van der Waals surface area contributed by atoms with Gasteiger partial charge in [0, 0.05) is 33.7 Å². The van der Waals surface area contributed by atoms with Crippen LogP contribution >= 0.6 is 0 Å². The summed E-state index contributed by atoms with van der Waals surface area (Å²) >= 11 is 0. The lowest BCUT2D eigenvalue weighted by atomic mass is 10.2. The summed E-state index contributed by atoms with van der Waals surface area (Å²) in [5.41, 5.74) is 1.69. The molecule has 2 aromatic rings. The van der Waals surface area contributed by atoms with Crippen LogP contribution in [0, 0.1) is 0 Å². The molecule has 144 valence electrons. The van der Waals surface area contributed by atoms with E-state index in [0.717, 1.165) is 43.0 Å². The van der Waals surface area contributed by atoms with Crippen LogP contribution < -0.4 is 0 Å². The summed E-state index contributed by atoms with van der Waals surface area (Å²) in [5, 5.41) is 0. The molecule has 2 atom stereocenters. The predicted octanol–water partition coefficient (Wildman–Crippen LogP) is 1.92. The Labute approximate surface area is 155 Å². The van der Waals surface area contributed by atoms with Gasteiger partial charge in [-0.25, -0.2) is 17.7 Å². The Kier molecular flexibility index (Phi) is 5.39.